The fraction of sp³-hybridized carbons (Fsp3) is 0.316. The van der Waals surface area contributed by atoms with Gasteiger partial charge in [-0.05, 0) is 36.1 Å². The monoisotopic (exact) mass is 326 g/mol. The summed E-state index contributed by atoms with van der Waals surface area (Å²) in [7, 11) is 0. The van der Waals surface area contributed by atoms with E-state index >= 15 is 0 Å². The van der Waals surface area contributed by atoms with Gasteiger partial charge in [0.15, 0.2) is 11.5 Å². The van der Waals surface area contributed by atoms with Crippen LogP contribution in [0.5, 0.6) is 11.5 Å². The summed E-state index contributed by atoms with van der Waals surface area (Å²) in [5.74, 6) is 1.36. The topological polar surface area (TPSA) is 59.6 Å². The number of aryl methyl sites for hydroxylation is 2. The van der Waals surface area contributed by atoms with Crippen molar-refractivity contribution in [3.05, 3.63) is 47.5 Å². The van der Waals surface area contributed by atoms with Crippen LogP contribution in [-0.2, 0) is 17.6 Å². The molecule has 3 rings (SSSR count). The molecule has 1 aliphatic heterocycles. The molecule has 1 aliphatic rings. The van der Waals surface area contributed by atoms with Gasteiger partial charge in [0.2, 0.25) is 12.7 Å². The molecule has 126 valence electrons. The summed E-state index contributed by atoms with van der Waals surface area (Å²) in [6.07, 6.45) is 1.78. The first-order valence-corrected chi connectivity index (χ1v) is 8.25. The van der Waals surface area contributed by atoms with Crippen LogP contribution in [0.25, 0.3) is 0 Å². The molecule has 2 aromatic rings. The molecule has 0 atom stereocenters. The number of ether oxygens (including phenoxy) is 2. The van der Waals surface area contributed by atoms with Gasteiger partial charge in [-0.25, -0.2) is 0 Å². The van der Waals surface area contributed by atoms with Gasteiger partial charge < -0.3 is 20.1 Å². The largest absolute Gasteiger partial charge is 0.454 e. The van der Waals surface area contributed by atoms with Crippen molar-refractivity contribution in [1.82, 2.24) is 0 Å². The van der Waals surface area contributed by atoms with Crippen LogP contribution in [0.3, 0.4) is 0 Å². The maximum absolute atomic E-state index is 12.3. The SMILES string of the molecule is CCc1cccc(CC)c1NC(=O)CNc1ccc2c(c1)OCO2. The summed E-state index contributed by atoms with van der Waals surface area (Å²) >= 11 is 0. The van der Waals surface area contributed by atoms with Crippen LogP contribution < -0.4 is 20.1 Å². The van der Waals surface area contributed by atoms with Crippen LogP contribution >= 0.6 is 0 Å². The molecular formula is C19H22N2O3. The Morgan fingerprint density at radius 3 is 2.46 bits per heavy atom. The van der Waals surface area contributed by atoms with Gasteiger partial charge in [0.25, 0.3) is 0 Å². The number of hydrogen-bond donors (Lipinski definition) is 2. The minimum absolute atomic E-state index is 0.0664. The standard InChI is InChI=1S/C19H22N2O3/c1-3-13-6-5-7-14(4-2)19(13)21-18(22)11-20-15-8-9-16-17(10-15)24-12-23-16/h5-10,20H,3-4,11-12H2,1-2H3,(H,21,22). The molecule has 0 aliphatic carbocycles. The van der Waals surface area contributed by atoms with E-state index in [1.807, 2.05) is 24.3 Å². The van der Waals surface area contributed by atoms with E-state index in [9.17, 15) is 4.79 Å². The smallest absolute Gasteiger partial charge is 0.243 e. The minimum Gasteiger partial charge on any atom is -0.454 e. The Morgan fingerprint density at radius 2 is 1.75 bits per heavy atom. The molecule has 1 amide bonds. The average molecular weight is 326 g/mol. The van der Waals surface area contributed by atoms with Gasteiger partial charge in [-0.1, -0.05) is 32.0 Å². The van der Waals surface area contributed by atoms with Gasteiger partial charge >= 0.3 is 0 Å². The summed E-state index contributed by atoms with van der Waals surface area (Å²) in [5.41, 5.74) is 4.09. The maximum atomic E-state index is 12.3. The second kappa shape index (κ2) is 7.25. The Morgan fingerprint density at radius 1 is 1.04 bits per heavy atom. The van der Waals surface area contributed by atoms with Gasteiger partial charge in [-0.3, -0.25) is 4.79 Å². The second-order valence-corrected chi connectivity index (χ2v) is 5.63. The number of anilines is 2. The van der Waals surface area contributed by atoms with Crippen LogP contribution in [0.4, 0.5) is 11.4 Å². The van der Waals surface area contributed by atoms with Crippen molar-refractivity contribution in [2.45, 2.75) is 26.7 Å². The average Bonchev–Trinajstić information content (AvgIpc) is 3.07. The summed E-state index contributed by atoms with van der Waals surface area (Å²) in [5, 5.41) is 6.17. The zero-order valence-corrected chi connectivity index (χ0v) is 14.0. The quantitative estimate of drug-likeness (QED) is 0.852. The van der Waals surface area contributed by atoms with Gasteiger partial charge in [0.1, 0.15) is 0 Å². The fourth-order valence-corrected chi connectivity index (χ4v) is 2.78. The summed E-state index contributed by atoms with van der Waals surface area (Å²) in [6, 6.07) is 11.7. The Hall–Kier alpha value is -2.69. The van der Waals surface area contributed by atoms with E-state index < -0.39 is 0 Å². The maximum Gasteiger partial charge on any atom is 0.243 e. The number of rotatable bonds is 6. The van der Waals surface area contributed by atoms with Gasteiger partial charge in [0, 0.05) is 17.4 Å². The minimum atomic E-state index is -0.0664. The van der Waals surface area contributed by atoms with Gasteiger partial charge in [-0.2, -0.15) is 0 Å². The molecular weight excluding hydrogens is 304 g/mol. The molecule has 0 radical (unpaired) electrons. The molecule has 0 fully saturated rings. The molecule has 5 heteroatoms. The van der Waals surface area contributed by atoms with E-state index in [0.717, 1.165) is 41.1 Å². The summed E-state index contributed by atoms with van der Waals surface area (Å²) in [6.45, 7) is 4.62. The van der Waals surface area contributed by atoms with Crippen LogP contribution in [0.2, 0.25) is 0 Å². The highest BCUT2D eigenvalue weighted by Gasteiger charge is 2.14. The van der Waals surface area contributed by atoms with E-state index in [1.165, 1.54) is 0 Å². The van der Waals surface area contributed by atoms with E-state index in [0.29, 0.717) is 5.75 Å². The lowest BCUT2D eigenvalue weighted by Crippen LogP contribution is -2.23. The van der Waals surface area contributed by atoms with Crippen molar-refractivity contribution >= 4 is 17.3 Å². The molecule has 2 N–H and O–H groups in total. The first kappa shape index (κ1) is 16.2. The third-order valence-electron chi connectivity index (χ3n) is 4.09. The van der Waals surface area contributed by atoms with E-state index in [4.69, 9.17) is 9.47 Å². The van der Waals surface area contributed by atoms with Gasteiger partial charge in [0.05, 0.1) is 6.54 Å². The van der Waals surface area contributed by atoms with Crippen LogP contribution in [-0.4, -0.2) is 19.2 Å². The third-order valence-corrected chi connectivity index (χ3v) is 4.09. The fourth-order valence-electron chi connectivity index (χ4n) is 2.78. The van der Waals surface area contributed by atoms with Crippen LogP contribution in [0.15, 0.2) is 36.4 Å². The molecule has 24 heavy (non-hydrogen) atoms. The number of fused-ring (bicyclic) bond motifs is 1. The molecule has 0 bridgehead atoms. The van der Waals surface area contributed by atoms with Crippen molar-refractivity contribution in [2.24, 2.45) is 0 Å². The Bertz CT molecular complexity index is 721. The number of carbonyl (C=O) groups excluding carboxylic acids is 1. The molecule has 0 unspecified atom stereocenters. The lowest BCUT2D eigenvalue weighted by atomic mass is 10.0. The Balaban J connectivity index is 1.64. The van der Waals surface area contributed by atoms with E-state index in [1.54, 1.807) is 0 Å². The van der Waals surface area contributed by atoms with E-state index in [2.05, 4.69) is 36.6 Å². The first-order chi connectivity index (χ1) is 11.7. The van der Waals surface area contributed by atoms with Crippen molar-refractivity contribution in [1.29, 1.82) is 0 Å². The highest BCUT2D eigenvalue weighted by Crippen LogP contribution is 2.34. The third kappa shape index (κ3) is 3.45. The van der Waals surface area contributed by atoms with E-state index in [-0.39, 0.29) is 19.2 Å². The molecule has 5 nitrogen and oxygen atoms in total. The number of para-hydroxylation sites is 1. The zero-order chi connectivity index (χ0) is 16.9. The second-order valence-electron chi connectivity index (χ2n) is 5.63. The molecule has 0 saturated heterocycles. The number of nitrogens with one attached hydrogen (secondary N) is 2. The molecule has 0 aromatic heterocycles. The molecule has 1 heterocycles. The Labute approximate surface area is 142 Å². The molecule has 0 saturated carbocycles. The number of carbonyl (C=O) groups is 1. The number of amides is 1. The summed E-state index contributed by atoms with van der Waals surface area (Å²) < 4.78 is 10.6. The van der Waals surface area contributed by atoms with Gasteiger partial charge in [-0.15, -0.1) is 0 Å². The first-order valence-electron chi connectivity index (χ1n) is 8.25. The number of benzene rings is 2. The summed E-state index contributed by atoms with van der Waals surface area (Å²) in [4.78, 5) is 12.3. The highest BCUT2D eigenvalue weighted by atomic mass is 16.7. The lowest BCUT2D eigenvalue weighted by Gasteiger charge is -2.15. The van der Waals surface area contributed by atoms with Crippen molar-refractivity contribution in [3.63, 3.8) is 0 Å². The number of hydrogen-bond acceptors (Lipinski definition) is 4. The molecule has 0 spiro atoms. The normalized spacial score (nSPS) is 12.1. The predicted octanol–water partition coefficient (Wildman–Crippen LogP) is 3.59. The lowest BCUT2D eigenvalue weighted by molar-refractivity contribution is -0.114. The van der Waals surface area contributed by atoms with Crippen molar-refractivity contribution < 1.29 is 14.3 Å². The van der Waals surface area contributed by atoms with Crippen molar-refractivity contribution in [2.75, 3.05) is 24.0 Å². The zero-order valence-electron chi connectivity index (χ0n) is 14.0. The van der Waals surface area contributed by atoms with Crippen LogP contribution in [0.1, 0.15) is 25.0 Å². The highest BCUT2D eigenvalue weighted by molar-refractivity contribution is 5.95. The van der Waals surface area contributed by atoms with Crippen molar-refractivity contribution in [3.8, 4) is 11.5 Å². The Kier molecular flexibility index (Phi) is 4.89. The van der Waals surface area contributed by atoms with Crippen LogP contribution in [0, 0.1) is 0 Å². The predicted molar refractivity (Wildman–Crippen MR) is 94.9 cm³/mol. The molecule has 2 aromatic carbocycles.